The number of fused-ring (bicyclic) bond motifs is 2. The van der Waals surface area contributed by atoms with Crippen molar-refractivity contribution in [3.8, 4) is 0 Å². The van der Waals surface area contributed by atoms with E-state index in [-0.39, 0.29) is 42.8 Å². The van der Waals surface area contributed by atoms with Crippen molar-refractivity contribution in [2.45, 2.75) is 44.1 Å². The molecule has 11 heteroatoms. The van der Waals surface area contributed by atoms with Gasteiger partial charge in [0.05, 0.1) is 27.5 Å². The lowest BCUT2D eigenvalue weighted by Crippen LogP contribution is -2.65. The molecular weight excluding hydrogens is 541 g/mol. The van der Waals surface area contributed by atoms with Crippen LogP contribution in [0.3, 0.4) is 0 Å². The average molecular weight is 568 g/mol. The number of hydrogen-bond acceptors (Lipinski definition) is 6. The highest BCUT2D eigenvalue weighted by atomic mass is 35.5. The van der Waals surface area contributed by atoms with Crippen LogP contribution in [0.25, 0.3) is 0 Å². The molecule has 8 nitrogen and oxygen atoms in total. The molecular formula is C28H27ClFN5O3S. The van der Waals surface area contributed by atoms with E-state index in [4.69, 9.17) is 11.6 Å². The summed E-state index contributed by atoms with van der Waals surface area (Å²) in [5.74, 6) is -0.773. The maximum atomic E-state index is 15.2. The molecule has 202 valence electrons. The van der Waals surface area contributed by atoms with E-state index >= 15 is 4.39 Å². The van der Waals surface area contributed by atoms with E-state index in [0.717, 1.165) is 25.7 Å². The maximum absolute atomic E-state index is 15.2. The van der Waals surface area contributed by atoms with Crippen molar-refractivity contribution < 1.29 is 18.8 Å². The molecule has 6 rings (SSSR count). The van der Waals surface area contributed by atoms with E-state index in [1.807, 2.05) is 0 Å². The summed E-state index contributed by atoms with van der Waals surface area (Å²) in [6.07, 6.45) is 4.73. The molecule has 1 saturated carbocycles. The smallest absolute Gasteiger partial charge is 0.273 e. The summed E-state index contributed by atoms with van der Waals surface area (Å²) < 4.78 is 15.2. The Balaban J connectivity index is 1.12. The van der Waals surface area contributed by atoms with Crippen LogP contribution in [-0.4, -0.2) is 58.3 Å². The van der Waals surface area contributed by atoms with E-state index in [0.29, 0.717) is 39.8 Å². The lowest BCUT2D eigenvalue weighted by molar-refractivity contribution is -0.128. The highest BCUT2D eigenvalue weighted by Crippen LogP contribution is 2.49. The van der Waals surface area contributed by atoms with E-state index in [1.165, 1.54) is 23.6 Å². The fraction of sp³-hybridized carbons (Fsp3) is 0.393. The zero-order valence-corrected chi connectivity index (χ0v) is 22.9. The zero-order chi connectivity index (χ0) is 27.3. The van der Waals surface area contributed by atoms with Crippen molar-refractivity contribution in [1.29, 1.82) is 0 Å². The molecule has 2 fully saturated rings. The van der Waals surface area contributed by atoms with Crippen molar-refractivity contribution in [1.82, 2.24) is 20.2 Å². The lowest BCUT2D eigenvalue weighted by atomic mass is 9.74. The van der Waals surface area contributed by atoms with Gasteiger partial charge in [-0.2, -0.15) is 0 Å². The molecule has 1 N–H and O–H groups in total. The number of halogens is 2. The summed E-state index contributed by atoms with van der Waals surface area (Å²) in [6, 6.07) is 6.46. The standard InChI is InChI=1S/C28H27ClFN5O3S/c1-16-20(9-18(29)10-31-16)25(36)33-19-7-5-17(6-8-19)11-35-23-4-2-3-21(30)24(23)28(27(35)38)13-34(14-28)26(37)22-12-39-15-32-22/h2-4,9-10,12,15,17,19H,5-8,11,13-14H2,1H3,(H,33,36)/t17-,19-. The van der Waals surface area contributed by atoms with Gasteiger partial charge in [0.2, 0.25) is 5.91 Å². The van der Waals surface area contributed by atoms with Crippen LogP contribution in [-0.2, 0) is 10.2 Å². The quantitative estimate of drug-likeness (QED) is 0.494. The van der Waals surface area contributed by atoms with E-state index in [2.05, 4.69) is 15.3 Å². The van der Waals surface area contributed by atoms with Gasteiger partial charge in [-0.05, 0) is 56.7 Å². The molecule has 0 unspecified atom stereocenters. The molecule has 4 heterocycles. The number of nitrogens with one attached hydrogen (secondary N) is 1. The number of thiazole rings is 1. The number of benzene rings is 1. The molecule has 0 bridgehead atoms. The largest absolute Gasteiger partial charge is 0.349 e. The lowest BCUT2D eigenvalue weighted by Gasteiger charge is -2.46. The van der Waals surface area contributed by atoms with Crippen LogP contribution in [0.15, 0.2) is 41.4 Å². The summed E-state index contributed by atoms with van der Waals surface area (Å²) in [4.78, 5) is 50.9. The third kappa shape index (κ3) is 4.49. The van der Waals surface area contributed by atoms with Crippen LogP contribution in [0.4, 0.5) is 10.1 Å². The van der Waals surface area contributed by atoms with Crippen molar-refractivity contribution in [3.63, 3.8) is 0 Å². The molecule has 3 aliphatic rings. The number of rotatable bonds is 5. The number of pyridine rings is 1. The number of amides is 3. The first-order valence-electron chi connectivity index (χ1n) is 13.0. The number of aryl methyl sites for hydroxylation is 1. The fourth-order valence-corrected chi connectivity index (χ4v) is 6.82. The second-order valence-electron chi connectivity index (χ2n) is 10.6. The van der Waals surface area contributed by atoms with Gasteiger partial charge in [-0.3, -0.25) is 19.4 Å². The molecule has 2 aromatic heterocycles. The number of carbonyl (C=O) groups is 3. The minimum absolute atomic E-state index is 0.0226. The third-order valence-electron chi connectivity index (χ3n) is 8.20. The zero-order valence-electron chi connectivity index (χ0n) is 21.3. The Kier molecular flexibility index (Phi) is 6.63. The summed E-state index contributed by atoms with van der Waals surface area (Å²) in [7, 11) is 0. The summed E-state index contributed by atoms with van der Waals surface area (Å²) in [5, 5.41) is 5.19. The van der Waals surface area contributed by atoms with Crippen molar-refractivity contribution in [2.24, 2.45) is 5.92 Å². The predicted molar refractivity (Wildman–Crippen MR) is 146 cm³/mol. The Morgan fingerprint density at radius 2 is 1.97 bits per heavy atom. The molecule has 39 heavy (non-hydrogen) atoms. The van der Waals surface area contributed by atoms with Crippen molar-refractivity contribution in [3.05, 3.63) is 74.7 Å². The summed E-state index contributed by atoms with van der Waals surface area (Å²) in [5.41, 5.74) is 2.97. The van der Waals surface area contributed by atoms with Gasteiger partial charge < -0.3 is 15.1 Å². The number of aromatic nitrogens is 2. The van der Waals surface area contributed by atoms with Gasteiger partial charge in [-0.1, -0.05) is 17.7 Å². The van der Waals surface area contributed by atoms with Crippen LogP contribution >= 0.6 is 22.9 Å². The van der Waals surface area contributed by atoms with Crippen LogP contribution in [0.2, 0.25) is 5.02 Å². The Bertz CT molecular complexity index is 1450. The molecule has 0 atom stereocenters. The number of nitrogens with zero attached hydrogens (tertiary/aromatic N) is 4. The molecule has 1 aromatic carbocycles. The molecule has 1 spiro atoms. The SMILES string of the molecule is Cc1ncc(Cl)cc1C(=O)N[C@H]1CC[C@H](CN2C(=O)C3(CN(C(=O)c4cscn4)C3)c3c(F)cccc32)CC1. The van der Waals surface area contributed by atoms with Gasteiger partial charge in [-0.15, -0.1) is 11.3 Å². The molecule has 0 radical (unpaired) electrons. The average Bonchev–Trinajstić information content (AvgIpc) is 3.52. The van der Waals surface area contributed by atoms with E-state index in [1.54, 1.807) is 45.8 Å². The van der Waals surface area contributed by atoms with Gasteiger partial charge in [0, 0.05) is 42.8 Å². The highest BCUT2D eigenvalue weighted by Gasteiger charge is 2.60. The Morgan fingerprint density at radius 1 is 1.21 bits per heavy atom. The van der Waals surface area contributed by atoms with Gasteiger partial charge in [-0.25, -0.2) is 9.37 Å². The Hall–Kier alpha value is -3.37. The van der Waals surface area contributed by atoms with Gasteiger partial charge in [0.25, 0.3) is 11.8 Å². The van der Waals surface area contributed by atoms with Crippen molar-refractivity contribution in [2.75, 3.05) is 24.5 Å². The monoisotopic (exact) mass is 567 g/mol. The minimum atomic E-state index is -1.06. The van der Waals surface area contributed by atoms with Crippen LogP contribution in [0.5, 0.6) is 0 Å². The second kappa shape index (κ2) is 9.98. The Labute approximate surface area is 234 Å². The minimum Gasteiger partial charge on any atom is -0.349 e. The first-order chi connectivity index (χ1) is 18.8. The van der Waals surface area contributed by atoms with Crippen LogP contribution in [0, 0.1) is 18.7 Å². The number of hydrogen-bond donors (Lipinski definition) is 1. The first-order valence-corrected chi connectivity index (χ1v) is 14.3. The van der Waals surface area contributed by atoms with E-state index in [9.17, 15) is 14.4 Å². The molecule has 1 aliphatic carbocycles. The fourth-order valence-electron chi connectivity index (χ4n) is 6.14. The Morgan fingerprint density at radius 3 is 2.69 bits per heavy atom. The van der Waals surface area contributed by atoms with Gasteiger partial charge in [0.15, 0.2) is 0 Å². The van der Waals surface area contributed by atoms with Gasteiger partial charge in [0.1, 0.15) is 16.9 Å². The highest BCUT2D eigenvalue weighted by molar-refractivity contribution is 7.07. The molecule has 3 amide bonds. The number of anilines is 1. The van der Waals surface area contributed by atoms with Crippen LogP contribution in [0.1, 0.15) is 57.8 Å². The maximum Gasteiger partial charge on any atom is 0.273 e. The van der Waals surface area contributed by atoms with E-state index < -0.39 is 11.2 Å². The predicted octanol–water partition coefficient (Wildman–Crippen LogP) is 4.37. The topological polar surface area (TPSA) is 95.5 Å². The molecule has 1 saturated heterocycles. The third-order valence-corrected chi connectivity index (χ3v) is 8.99. The number of likely N-dealkylation sites (tertiary alicyclic amines) is 1. The molecule has 2 aliphatic heterocycles. The summed E-state index contributed by atoms with van der Waals surface area (Å²) in [6.45, 7) is 2.54. The van der Waals surface area contributed by atoms with Gasteiger partial charge >= 0.3 is 0 Å². The normalized spacial score (nSPS) is 21.6. The van der Waals surface area contributed by atoms with Crippen molar-refractivity contribution >= 4 is 46.3 Å². The molecule has 3 aromatic rings. The number of carbonyl (C=O) groups excluding carboxylic acids is 3. The first kappa shape index (κ1) is 25.9. The second-order valence-corrected chi connectivity index (χ2v) is 11.8. The summed E-state index contributed by atoms with van der Waals surface area (Å²) >= 11 is 7.36. The van der Waals surface area contributed by atoms with Crippen LogP contribution < -0.4 is 10.2 Å².